The largest absolute Gasteiger partial charge is 0.296 e. The van der Waals surface area contributed by atoms with Crippen LogP contribution in [0.4, 0.5) is 5.13 Å². The molecule has 0 unspecified atom stereocenters. The van der Waals surface area contributed by atoms with Crippen molar-refractivity contribution in [2.24, 2.45) is 0 Å². The summed E-state index contributed by atoms with van der Waals surface area (Å²) in [7, 11) is 0. The molecule has 3 aromatic heterocycles. The number of pyridine rings is 1. The van der Waals surface area contributed by atoms with Gasteiger partial charge >= 0.3 is 0 Å². The lowest BCUT2D eigenvalue weighted by atomic mass is 10.2. The van der Waals surface area contributed by atoms with Gasteiger partial charge in [0.2, 0.25) is 5.13 Å². The summed E-state index contributed by atoms with van der Waals surface area (Å²) in [5.41, 5.74) is 1.75. The van der Waals surface area contributed by atoms with Gasteiger partial charge in [-0.25, -0.2) is 0 Å². The Morgan fingerprint density at radius 3 is 2.58 bits per heavy atom. The number of benzene rings is 1. The van der Waals surface area contributed by atoms with Gasteiger partial charge in [0.05, 0.1) is 4.88 Å². The van der Waals surface area contributed by atoms with Crippen LogP contribution in [0.1, 0.15) is 9.67 Å². The number of nitrogens with zero attached hydrogens (tertiary/aromatic N) is 3. The molecule has 0 aliphatic carbocycles. The van der Waals surface area contributed by atoms with Gasteiger partial charge in [-0.1, -0.05) is 41.1 Å². The van der Waals surface area contributed by atoms with E-state index in [0.29, 0.717) is 20.0 Å². The van der Waals surface area contributed by atoms with Gasteiger partial charge < -0.3 is 0 Å². The number of halogens is 1. The van der Waals surface area contributed by atoms with Gasteiger partial charge in [0.1, 0.15) is 5.69 Å². The first-order valence-electron chi connectivity index (χ1n) is 7.61. The summed E-state index contributed by atoms with van der Waals surface area (Å²) in [6.07, 6.45) is 1.69. The van der Waals surface area contributed by atoms with Gasteiger partial charge in [0, 0.05) is 16.1 Å². The van der Waals surface area contributed by atoms with E-state index >= 15 is 0 Å². The predicted molar refractivity (Wildman–Crippen MR) is 106 cm³/mol. The van der Waals surface area contributed by atoms with Crippen molar-refractivity contribution in [1.82, 2.24) is 15.2 Å². The van der Waals surface area contributed by atoms with E-state index in [9.17, 15) is 4.79 Å². The molecule has 128 valence electrons. The Kier molecular flexibility index (Phi) is 4.75. The maximum atomic E-state index is 12.5. The topological polar surface area (TPSA) is 67.8 Å². The maximum Gasteiger partial charge on any atom is 0.267 e. The number of nitrogens with one attached hydrogen (secondary N) is 1. The summed E-state index contributed by atoms with van der Waals surface area (Å²) in [6, 6.07) is 16.8. The summed E-state index contributed by atoms with van der Waals surface area (Å²) in [6.45, 7) is 0. The van der Waals surface area contributed by atoms with Crippen molar-refractivity contribution in [2.75, 3.05) is 5.32 Å². The molecule has 1 N–H and O–H groups in total. The average Bonchev–Trinajstić information content (AvgIpc) is 3.33. The fourth-order valence-electron chi connectivity index (χ4n) is 2.25. The van der Waals surface area contributed by atoms with Crippen LogP contribution in [-0.2, 0) is 0 Å². The van der Waals surface area contributed by atoms with E-state index in [1.165, 1.54) is 22.7 Å². The minimum atomic E-state index is -0.209. The molecule has 8 heteroatoms. The number of carbonyl (C=O) groups excluding carboxylic acids is 1. The van der Waals surface area contributed by atoms with Crippen LogP contribution in [-0.4, -0.2) is 21.1 Å². The van der Waals surface area contributed by atoms with Crippen LogP contribution in [0.3, 0.4) is 0 Å². The molecule has 0 atom stereocenters. The SMILES string of the molecule is O=C(Nc1nnc(-c2ccccn2)s1)c1ccc(-c2ccc(Cl)cc2)s1. The second kappa shape index (κ2) is 7.33. The number of hydrogen-bond acceptors (Lipinski definition) is 6. The summed E-state index contributed by atoms with van der Waals surface area (Å²) in [4.78, 5) is 18.3. The Morgan fingerprint density at radius 2 is 1.81 bits per heavy atom. The highest BCUT2D eigenvalue weighted by atomic mass is 35.5. The molecule has 0 radical (unpaired) electrons. The fourth-order valence-corrected chi connectivity index (χ4v) is 4.00. The number of aromatic nitrogens is 3. The second-order valence-electron chi connectivity index (χ2n) is 5.25. The van der Waals surface area contributed by atoms with Gasteiger partial charge in [-0.05, 0) is 42.0 Å². The van der Waals surface area contributed by atoms with Gasteiger partial charge in [-0.15, -0.1) is 21.5 Å². The third-order valence-electron chi connectivity index (χ3n) is 3.49. The summed E-state index contributed by atoms with van der Waals surface area (Å²) in [5.74, 6) is -0.209. The van der Waals surface area contributed by atoms with Crippen molar-refractivity contribution >= 4 is 45.3 Å². The molecule has 1 aromatic carbocycles. The minimum absolute atomic E-state index is 0.209. The molecular formula is C18H11ClN4OS2. The zero-order chi connectivity index (χ0) is 17.9. The van der Waals surface area contributed by atoms with Crippen LogP contribution in [0, 0.1) is 0 Å². The molecule has 0 fully saturated rings. The number of anilines is 1. The molecule has 4 aromatic rings. The lowest BCUT2D eigenvalue weighted by molar-refractivity contribution is 0.103. The van der Waals surface area contributed by atoms with Crippen LogP contribution in [0.5, 0.6) is 0 Å². The van der Waals surface area contributed by atoms with E-state index in [1.807, 2.05) is 48.5 Å². The number of amides is 1. The van der Waals surface area contributed by atoms with Gasteiger partial charge in [-0.3, -0.25) is 15.1 Å². The average molecular weight is 399 g/mol. The van der Waals surface area contributed by atoms with E-state index in [0.717, 1.165) is 16.1 Å². The van der Waals surface area contributed by atoms with Gasteiger partial charge in [0.15, 0.2) is 5.01 Å². The highest BCUT2D eigenvalue weighted by Crippen LogP contribution is 2.30. The van der Waals surface area contributed by atoms with E-state index in [4.69, 9.17) is 11.6 Å². The molecule has 0 bridgehead atoms. The zero-order valence-electron chi connectivity index (χ0n) is 13.2. The predicted octanol–water partition coefficient (Wildman–Crippen LogP) is 5.23. The van der Waals surface area contributed by atoms with Crippen molar-refractivity contribution in [3.05, 3.63) is 70.7 Å². The normalized spacial score (nSPS) is 10.7. The van der Waals surface area contributed by atoms with Crippen LogP contribution in [0.15, 0.2) is 60.8 Å². The highest BCUT2D eigenvalue weighted by molar-refractivity contribution is 7.19. The molecule has 26 heavy (non-hydrogen) atoms. The van der Waals surface area contributed by atoms with E-state index in [1.54, 1.807) is 12.3 Å². The van der Waals surface area contributed by atoms with Crippen LogP contribution in [0.25, 0.3) is 21.1 Å². The van der Waals surface area contributed by atoms with Crippen molar-refractivity contribution in [2.45, 2.75) is 0 Å². The molecule has 0 aliphatic heterocycles. The third kappa shape index (κ3) is 3.65. The van der Waals surface area contributed by atoms with Gasteiger partial charge in [-0.2, -0.15) is 0 Å². The van der Waals surface area contributed by atoms with E-state index in [-0.39, 0.29) is 5.91 Å². The van der Waals surface area contributed by atoms with Crippen molar-refractivity contribution in [3.63, 3.8) is 0 Å². The summed E-state index contributed by atoms with van der Waals surface area (Å²) in [5, 5.41) is 12.7. The smallest absolute Gasteiger partial charge is 0.267 e. The number of rotatable bonds is 4. The first kappa shape index (κ1) is 16.8. The molecule has 0 saturated carbocycles. The Hall–Kier alpha value is -2.61. The van der Waals surface area contributed by atoms with Crippen LogP contribution in [0.2, 0.25) is 5.02 Å². The van der Waals surface area contributed by atoms with Gasteiger partial charge in [0.25, 0.3) is 5.91 Å². The molecular weight excluding hydrogens is 388 g/mol. The highest BCUT2D eigenvalue weighted by Gasteiger charge is 2.14. The zero-order valence-corrected chi connectivity index (χ0v) is 15.6. The quantitative estimate of drug-likeness (QED) is 0.510. The monoisotopic (exact) mass is 398 g/mol. The Labute approximate surface area is 162 Å². The Morgan fingerprint density at radius 1 is 0.962 bits per heavy atom. The second-order valence-corrected chi connectivity index (χ2v) is 7.75. The van der Waals surface area contributed by atoms with Crippen molar-refractivity contribution in [3.8, 4) is 21.1 Å². The first-order valence-corrected chi connectivity index (χ1v) is 9.62. The van der Waals surface area contributed by atoms with E-state index in [2.05, 4.69) is 20.5 Å². The van der Waals surface area contributed by atoms with Crippen molar-refractivity contribution in [1.29, 1.82) is 0 Å². The molecule has 3 heterocycles. The molecule has 0 aliphatic rings. The number of thiophene rings is 1. The molecule has 4 rings (SSSR count). The lowest BCUT2D eigenvalue weighted by Crippen LogP contribution is -2.09. The maximum absolute atomic E-state index is 12.5. The third-order valence-corrected chi connectivity index (χ3v) is 5.73. The molecule has 5 nitrogen and oxygen atoms in total. The minimum Gasteiger partial charge on any atom is -0.296 e. The Bertz CT molecular complexity index is 1040. The summed E-state index contributed by atoms with van der Waals surface area (Å²) < 4.78 is 0. The first-order chi connectivity index (χ1) is 12.7. The van der Waals surface area contributed by atoms with Crippen LogP contribution < -0.4 is 5.32 Å². The molecule has 0 spiro atoms. The molecule has 1 amide bonds. The fraction of sp³-hybridized carbons (Fsp3) is 0. The number of carbonyl (C=O) groups is 1. The standard InChI is InChI=1S/C18H11ClN4OS2/c19-12-6-4-11(5-7-12)14-8-9-15(25-14)16(24)21-18-23-22-17(26-18)13-3-1-2-10-20-13/h1-10H,(H,21,23,24). The lowest BCUT2D eigenvalue weighted by Gasteiger charge is -1.98. The molecule has 0 saturated heterocycles. The van der Waals surface area contributed by atoms with E-state index < -0.39 is 0 Å². The Balaban J connectivity index is 1.49. The van der Waals surface area contributed by atoms with Crippen molar-refractivity contribution < 1.29 is 4.79 Å². The summed E-state index contributed by atoms with van der Waals surface area (Å²) >= 11 is 8.61. The van der Waals surface area contributed by atoms with Crippen LogP contribution >= 0.6 is 34.3 Å². The number of hydrogen-bond donors (Lipinski definition) is 1.